The van der Waals surface area contributed by atoms with Crippen LogP contribution >= 0.6 is 24.0 Å². The molecular weight excluding hydrogens is 260 g/mol. The van der Waals surface area contributed by atoms with Crippen molar-refractivity contribution in [1.29, 1.82) is 0 Å². The van der Waals surface area contributed by atoms with Gasteiger partial charge in [-0.2, -0.15) is 12.6 Å². The van der Waals surface area contributed by atoms with Gasteiger partial charge in [-0.05, 0) is 35.3 Å². The molecule has 17 heavy (non-hydrogen) atoms. The Labute approximate surface area is 109 Å². The highest BCUT2D eigenvalue weighted by atomic mass is 32.1. The van der Waals surface area contributed by atoms with Crippen LogP contribution in [-0.2, 0) is 4.79 Å². The molecule has 2 atom stereocenters. The highest BCUT2D eigenvalue weighted by Gasteiger charge is 2.18. The Balaban J connectivity index is 2.70. The van der Waals surface area contributed by atoms with Gasteiger partial charge in [0.15, 0.2) is 0 Å². The summed E-state index contributed by atoms with van der Waals surface area (Å²) in [6.07, 6.45) is 1.09. The van der Waals surface area contributed by atoms with Crippen LogP contribution in [0.15, 0.2) is 17.5 Å². The maximum absolute atomic E-state index is 10.3. The van der Waals surface area contributed by atoms with E-state index >= 15 is 0 Å². The Hall–Kier alpha value is -0.820. The lowest BCUT2D eigenvalue weighted by molar-refractivity contribution is -0.131. The Morgan fingerprint density at radius 1 is 1.53 bits per heavy atom. The van der Waals surface area contributed by atoms with E-state index in [1.165, 1.54) is 17.4 Å². The van der Waals surface area contributed by atoms with Crippen molar-refractivity contribution in [2.24, 2.45) is 0 Å². The molecule has 0 fully saturated rings. The van der Waals surface area contributed by atoms with Gasteiger partial charge in [0.05, 0.1) is 6.10 Å². The maximum Gasteiger partial charge on any atom is 0.328 e. The third-order valence-corrected chi connectivity index (χ3v) is 3.34. The zero-order valence-corrected chi connectivity index (χ0v) is 10.7. The van der Waals surface area contributed by atoms with Gasteiger partial charge in [-0.1, -0.05) is 0 Å². The molecule has 0 radical (unpaired) electrons. The number of thiophene rings is 1. The zero-order chi connectivity index (χ0) is 12.8. The molecule has 1 heterocycles. The molecule has 0 aliphatic heterocycles. The van der Waals surface area contributed by atoms with E-state index in [4.69, 9.17) is 5.11 Å². The highest BCUT2D eigenvalue weighted by Crippen LogP contribution is 2.25. The second kappa shape index (κ2) is 6.80. The van der Waals surface area contributed by atoms with Gasteiger partial charge >= 0.3 is 5.97 Å². The van der Waals surface area contributed by atoms with Crippen LogP contribution in [0.4, 0.5) is 0 Å². The molecule has 0 amide bonds. The van der Waals surface area contributed by atoms with Crippen LogP contribution in [0.2, 0.25) is 0 Å². The van der Waals surface area contributed by atoms with E-state index in [0.717, 1.165) is 11.0 Å². The Bertz CT molecular complexity index is 400. The fourth-order valence-electron chi connectivity index (χ4n) is 1.28. The van der Waals surface area contributed by atoms with E-state index in [2.05, 4.69) is 12.6 Å². The first-order valence-electron chi connectivity index (χ1n) is 5.01. The van der Waals surface area contributed by atoms with Crippen molar-refractivity contribution in [3.05, 3.63) is 28.0 Å². The van der Waals surface area contributed by atoms with E-state index in [1.54, 1.807) is 11.4 Å². The largest absolute Gasteiger partial charge is 0.478 e. The summed E-state index contributed by atoms with van der Waals surface area (Å²) in [6, 6.07) is 1.66. The fraction of sp³-hybridized carbons (Fsp3) is 0.364. The number of aliphatic hydroxyl groups is 2. The van der Waals surface area contributed by atoms with E-state index in [0.29, 0.717) is 17.7 Å². The minimum absolute atomic E-state index is 0.403. The first kappa shape index (κ1) is 14.2. The number of hydrogen-bond donors (Lipinski definition) is 4. The summed E-state index contributed by atoms with van der Waals surface area (Å²) < 4.78 is 0. The van der Waals surface area contributed by atoms with Crippen molar-refractivity contribution >= 4 is 36.0 Å². The zero-order valence-electron chi connectivity index (χ0n) is 8.98. The Morgan fingerprint density at radius 2 is 2.24 bits per heavy atom. The third-order valence-electron chi connectivity index (χ3n) is 2.16. The van der Waals surface area contributed by atoms with Gasteiger partial charge in [-0.15, -0.1) is 11.3 Å². The predicted molar refractivity (Wildman–Crippen MR) is 70.4 cm³/mol. The van der Waals surface area contributed by atoms with Crippen molar-refractivity contribution in [2.75, 3.05) is 5.75 Å². The van der Waals surface area contributed by atoms with Gasteiger partial charge in [0.1, 0.15) is 6.10 Å². The number of thiol groups is 1. The summed E-state index contributed by atoms with van der Waals surface area (Å²) in [5.74, 6) is -0.524. The maximum atomic E-state index is 10.3. The first-order chi connectivity index (χ1) is 8.04. The first-order valence-corrected chi connectivity index (χ1v) is 6.52. The molecular formula is C11H14O4S2. The van der Waals surface area contributed by atoms with Gasteiger partial charge < -0.3 is 15.3 Å². The summed E-state index contributed by atoms with van der Waals surface area (Å²) in [5.41, 5.74) is 0.592. The molecule has 1 rings (SSSR count). The van der Waals surface area contributed by atoms with E-state index < -0.39 is 18.2 Å². The molecule has 0 aliphatic rings. The summed E-state index contributed by atoms with van der Waals surface area (Å²) in [5, 5.41) is 29.6. The van der Waals surface area contributed by atoms with Crippen LogP contribution in [0.5, 0.6) is 0 Å². The highest BCUT2D eigenvalue weighted by molar-refractivity contribution is 7.80. The number of rotatable bonds is 6. The molecule has 0 bridgehead atoms. The van der Waals surface area contributed by atoms with Gasteiger partial charge in [-0.25, -0.2) is 4.79 Å². The standard InChI is InChI=1S/C11H14O4S2/c12-9(3-4-16)11(15)7-5-8(17-6-7)1-2-10(13)14/h1-2,5-6,9,11-12,15-16H,3-4H2,(H,13,14)/b2-1+. The number of aliphatic hydroxyl groups excluding tert-OH is 2. The monoisotopic (exact) mass is 274 g/mol. The average molecular weight is 274 g/mol. The summed E-state index contributed by atoms with van der Waals surface area (Å²) in [7, 11) is 0. The lowest BCUT2D eigenvalue weighted by Crippen LogP contribution is -2.18. The van der Waals surface area contributed by atoms with Crippen molar-refractivity contribution in [2.45, 2.75) is 18.6 Å². The topological polar surface area (TPSA) is 77.8 Å². The average Bonchev–Trinajstić information content (AvgIpc) is 2.74. The Kier molecular flexibility index (Phi) is 5.70. The lowest BCUT2D eigenvalue weighted by Gasteiger charge is -2.15. The van der Waals surface area contributed by atoms with Crippen molar-refractivity contribution in [3.8, 4) is 0 Å². The Morgan fingerprint density at radius 3 is 2.82 bits per heavy atom. The molecule has 6 heteroatoms. The van der Waals surface area contributed by atoms with Crippen LogP contribution in [0, 0.1) is 0 Å². The molecule has 4 nitrogen and oxygen atoms in total. The minimum atomic E-state index is -1.02. The van der Waals surface area contributed by atoms with E-state index in [9.17, 15) is 15.0 Å². The van der Waals surface area contributed by atoms with Crippen LogP contribution in [-0.4, -0.2) is 33.1 Å². The molecule has 0 spiro atoms. The van der Waals surface area contributed by atoms with Gasteiger partial charge in [-0.3, -0.25) is 0 Å². The number of carbonyl (C=O) groups is 1. The van der Waals surface area contributed by atoms with E-state index in [1.807, 2.05) is 0 Å². The van der Waals surface area contributed by atoms with Crippen molar-refractivity contribution in [1.82, 2.24) is 0 Å². The third kappa shape index (κ3) is 4.51. The smallest absolute Gasteiger partial charge is 0.328 e. The van der Waals surface area contributed by atoms with Crippen LogP contribution in [0.3, 0.4) is 0 Å². The number of carboxylic acid groups (broad SMARTS) is 1. The SMILES string of the molecule is O=C(O)/C=C/c1cc(C(O)C(O)CCS)cs1. The van der Waals surface area contributed by atoms with E-state index in [-0.39, 0.29) is 0 Å². The molecule has 2 unspecified atom stereocenters. The fourth-order valence-corrected chi connectivity index (χ4v) is 2.37. The quantitative estimate of drug-likeness (QED) is 0.469. The normalized spacial score (nSPS) is 15.0. The van der Waals surface area contributed by atoms with Gasteiger partial charge in [0.25, 0.3) is 0 Å². The predicted octanol–water partition coefficient (Wildman–Crippen LogP) is 1.56. The van der Waals surface area contributed by atoms with Gasteiger partial charge in [0, 0.05) is 11.0 Å². The lowest BCUT2D eigenvalue weighted by atomic mass is 10.1. The summed E-state index contributed by atoms with van der Waals surface area (Å²) in [6.45, 7) is 0. The molecule has 94 valence electrons. The molecule has 1 aromatic rings. The molecule has 0 saturated heterocycles. The van der Waals surface area contributed by atoms with Crippen LogP contribution in [0.1, 0.15) is 23.0 Å². The summed E-state index contributed by atoms with van der Waals surface area (Å²) in [4.78, 5) is 11.0. The molecule has 0 aliphatic carbocycles. The molecule has 1 aromatic heterocycles. The van der Waals surface area contributed by atoms with Crippen LogP contribution < -0.4 is 0 Å². The van der Waals surface area contributed by atoms with Crippen LogP contribution in [0.25, 0.3) is 6.08 Å². The molecule has 0 aromatic carbocycles. The van der Waals surface area contributed by atoms with Gasteiger partial charge in [0.2, 0.25) is 0 Å². The minimum Gasteiger partial charge on any atom is -0.478 e. The second-order valence-electron chi connectivity index (χ2n) is 3.48. The number of carboxylic acids is 1. The van der Waals surface area contributed by atoms with Crippen molar-refractivity contribution < 1.29 is 20.1 Å². The molecule has 3 N–H and O–H groups in total. The number of aliphatic carboxylic acids is 1. The number of hydrogen-bond acceptors (Lipinski definition) is 5. The summed E-state index contributed by atoms with van der Waals surface area (Å²) >= 11 is 5.30. The van der Waals surface area contributed by atoms with Crippen molar-refractivity contribution in [3.63, 3.8) is 0 Å². The molecule has 0 saturated carbocycles. The second-order valence-corrected chi connectivity index (χ2v) is 4.87.